The van der Waals surface area contributed by atoms with E-state index in [1.807, 2.05) is 86.6 Å². The van der Waals surface area contributed by atoms with Crippen molar-refractivity contribution in [3.8, 4) is 5.82 Å². The highest BCUT2D eigenvalue weighted by Crippen LogP contribution is 2.48. The van der Waals surface area contributed by atoms with Gasteiger partial charge >= 0.3 is 0 Å². The number of anilines is 2. The number of halogens is 1. The zero-order valence-electron chi connectivity index (χ0n) is 21.4. The highest BCUT2D eigenvalue weighted by Gasteiger charge is 2.42. The van der Waals surface area contributed by atoms with Crippen LogP contribution in [0.2, 0.25) is 0 Å². The van der Waals surface area contributed by atoms with Gasteiger partial charge in [-0.1, -0.05) is 48.5 Å². The topological polar surface area (TPSA) is 70.7 Å². The Balaban J connectivity index is 1.52. The van der Waals surface area contributed by atoms with E-state index in [1.165, 1.54) is 6.07 Å². The molecule has 2 aromatic heterocycles. The van der Waals surface area contributed by atoms with Gasteiger partial charge < -0.3 is 10.2 Å². The second kappa shape index (κ2) is 9.02. The summed E-state index contributed by atoms with van der Waals surface area (Å²) in [7, 11) is 0. The normalized spacial score (nSPS) is 15.6. The molecule has 1 N–H and O–H groups in total. The second-order valence-corrected chi connectivity index (χ2v) is 9.60. The van der Waals surface area contributed by atoms with Crippen molar-refractivity contribution in [2.45, 2.75) is 19.9 Å². The van der Waals surface area contributed by atoms with E-state index in [0.29, 0.717) is 28.9 Å². The highest BCUT2D eigenvalue weighted by molar-refractivity contribution is 6.51. The molecule has 0 spiro atoms. The number of aliphatic imine (C=N–C) groups is 2. The zero-order chi connectivity index (χ0) is 26.5. The van der Waals surface area contributed by atoms with Crippen LogP contribution in [0.4, 0.5) is 27.3 Å². The summed E-state index contributed by atoms with van der Waals surface area (Å²) in [6, 6.07) is 28.0. The van der Waals surface area contributed by atoms with Crippen LogP contribution in [0.25, 0.3) is 5.82 Å². The summed E-state index contributed by atoms with van der Waals surface area (Å²) in [6.07, 6.45) is 1.72. The first-order valence-electron chi connectivity index (χ1n) is 12.7. The minimum atomic E-state index is -0.530. The Morgan fingerprint density at radius 3 is 2.49 bits per heavy atom. The molecule has 7 rings (SSSR count). The van der Waals surface area contributed by atoms with Crippen LogP contribution >= 0.6 is 0 Å². The van der Waals surface area contributed by atoms with Crippen LogP contribution in [-0.2, 0) is 0 Å². The number of nitrogens with zero attached hydrogens (tertiary/aromatic N) is 6. The molecule has 190 valence electrons. The van der Waals surface area contributed by atoms with Gasteiger partial charge in [-0.25, -0.2) is 19.4 Å². The summed E-state index contributed by atoms with van der Waals surface area (Å²) in [6.45, 7) is 3.98. The molecule has 0 radical (unpaired) electrons. The molecular weight excluding hydrogens is 489 g/mol. The predicted octanol–water partition coefficient (Wildman–Crippen LogP) is 6.82. The molecule has 0 amide bonds. The largest absolute Gasteiger partial charge is 0.337 e. The monoisotopic (exact) mass is 513 g/mol. The lowest BCUT2D eigenvalue weighted by Gasteiger charge is -2.40. The van der Waals surface area contributed by atoms with Gasteiger partial charge in [-0.3, -0.25) is 0 Å². The first kappa shape index (κ1) is 23.0. The predicted molar refractivity (Wildman–Crippen MR) is 152 cm³/mol. The lowest BCUT2D eigenvalue weighted by atomic mass is 9.93. The molecule has 8 heteroatoms. The minimum absolute atomic E-state index is 0.298. The number of pyridine rings is 1. The number of para-hydroxylation sites is 2. The fraction of sp³-hybridized carbons (Fsp3) is 0.0968. The summed E-state index contributed by atoms with van der Waals surface area (Å²) in [5.74, 6) is 2.08. The van der Waals surface area contributed by atoms with Gasteiger partial charge in [0.05, 0.1) is 23.1 Å². The van der Waals surface area contributed by atoms with Crippen LogP contribution in [0.5, 0.6) is 0 Å². The van der Waals surface area contributed by atoms with Gasteiger partial charge in [-0.15, -0.1) is 0 Å². The highest BCUT2D eigenvalue weighted by atomic mass is 19.1. The van der Waals surface area contributed by atoms with Gasteiger partial charge in [0.2, 0.25) is 0 Å². The van der Waals surface area contributed by atoms with Crippen molar-refractivity contribution in [3.63, 3.8) is 0 Å². The van der Waals surface area contributed by atoms with Crippen LogP contribution in [0, 0.1) is 19.7 Å². The quantitative estimate of drug-likeness (QED) is 0.287. The molecule has 0 unspecified atom stereocenters. The average Bonchev–Trinajstić information content (AvgIpc) is 3.29. The Bertz CT molecular complexity index is 1790. The third kappa shape index (κ3) is 3.80. The van der Waals surface area contributed by atoms with Gasteiger partial charge in [-0.05, 0) is 61.9 Å². The number of hydrogen-bond acceptors (Lipinski definition) is 6. The number of fused-ring (bicyclic) bond motifs is 4. The van der Waals surface area contributed by atoms with Crippen molar-refractivity contribution in [1.29, 1.82) is 0 Å². The fourth-order valence-electron chi connectivity index (χ4n) is 5.29. The summed E-state index contributed by atoms with van der Waals surface area (Å²) in [4.78, 5) is 16.7. The molecule has 2 aliphatic rings. The van der Waals surface area contributed by atoms with Crippen molar-refractivity contribution in [2.24, 2.45) is 9.98 Å². The van der Waals surface area contributed by atoms with Gasteiger partial charge in [0.1, 0.15) is 5.82 Å². The van der Waals surface area contributed by atoms with Crippen LogP contribution in [0.3, 0.4) is 0 Å². The van der Waals surface area contributed by atoms with Crippen molar-refractivity contribution in [1.82, 2.24) is 14.8 Å². The van der Waals surface area contributed by atoms with E-state index in [4.69, 9.17) is 15.1 Å². The standard InChI is InChI=1S/C31H24FN7/c1-19-10-9-11-21(18-19)34-29-31-36-30-27(20(2)37-39(30)26-16-7-8-17-33-26)28(22-12-3-4-13-23(22)32)38(31)25-15-6-5-14-24(25)35-29/h3-18,28H,1-2H3,(H,34,35)/t28-/m1/s1. The van der Waals surface area contributed by atoms with E-state index >= 15 is 4.39 Å². The molecule has 0 saturated carbocycles. The first-order valence-corrected chi connectivity index (χ1v) is 12.7. The van der Waals surface area contributed by atoms with Crippen molar-refractivity contribution < 1.29 is 4.39 Å². The van der Waals surface area contributed by atoms with Crippen molar-refractivity contribution in [3.05, 3.63) is 125 Å². The molecule has 0 fully saturated rings. The Morgan fingerprint density at radius 1 is 0.846 bits per heavy atom. The lowest BCUT2D eigenvalue weighted by molar-refractivity contribution is 0.597. The number of nitrogens with one attached hydrogen (secondary N) is 1. The molecule has 3 aromatic carbocycles. The van der Waals surface area contributed by atoms with E-state index in [-0.39, 0.29) is 5.82 Å². The second-order valence-electron chi connectivity index (χ2n) is 9.60. The van der Waals surface area contributed by atoms with E-state index in [0.717, 1.165) is 33.9 Å². The number of aromatic nitrogens is 3. The third-order valence-electron chi connectivity index (χ3n) is 6.99. The Hall–Kier alpha value is -5.11. The van der Waals surface area contributed by atoms with Gasteiger partial charge in [0.15, 0.2) is 23.3 Å². The Labute approximate surface area is 225 Å². The molecule has 0 saturated heterocycles. The number of benzene rings is 3. The Morgan fingerprint density at radius 2 is 1.67 bits per heavy atom. The number of aryl methyl sites for hydroxylation is 2. The zero-order valence-corrected chi connectivity index (χ0v) is 21.4. The van der Waals surface area contributed by atoms with E-state index in [1.54, 1.807) is 16.9 Å². The van der Waals surface area contributed by atoms with Crippen molar-refractivity contribution >= 4 is 34.6 Å². The maximum Gasteiger partial charge on any atom is 0.179 e. The van der Waals surface area contributed by atoms with E-state index in [2.05, 4.69) is 21.3 Å². The summed E-state index contributed by atoms with van der Waals surface area (Å²) in [5, 5.41) is 8.32. The van der Waals surface area contributed by atoms with Gasteiger partial charge in [0, 0.05) is 23.0 Å². The third-order valence-corrected chi connectivity index (χ3v) is 6.99. The van der Waals surface area contributed by atoms with E-state index < -0.39 is 6.04 Å². The fourth-order valence-corrected chi connectivity index (χ4v) is 5.29. The van der Waals surface area contributed by atoms with E-state index in [9.17, 15) is 0 Å². The maximum atomic E-state index is 15.6. The molecule has 0 aliphatic carbocycles. The summed E-state index contributed by atoms with van der Waals surface area (Å²) >= 11 is 0. The lowest BCUT2D eigenvalue weighted by Crippen LogP contribution is -2.46. The molecule has 2 aliphatic heterocycles. The van der Waals surface area contributed by atoms with Gasteiger partial charge in [-0.2, -0.15) is 9.78 Å². The smallest absolute Gasteiger partial charge is 0.179 e. The van der Waals surface area contributed by atoms with Gasteiger partial charge in [0.25, 0.3) is 0 Å². The molecule has 7 nitrogen and oxygen atoms in total. The van der Waals surface area contributed by atoms with Crippen LogP contribution < -0.4 is 10.2 Å². The molecule has 4 heterocycles. The van der Waals surface area contributed by atoms with Crippen LogP contribution in [0.1, 0.15) is 28.4 Å². The maximum absolute atomic E-state index is 15.6. The molecule has 39 heavy (non-hydrogen) atoms. The van der Waals surface area contributed by atoms with Crippen molar-refractivity contribution in [2.75, 3.05) is 10.2 Å². The summed E-state index contributed by atoms with van der Waals surface area (Å²) < 4.78 is 17.3. The number of amidine groups is 2. The number of hydrogen-bond donors (Lipinski definition) is 1. The SMILES string of the molecule is Cc1cccc(NC2=Nc3ccccc3N3C2=Nc2c(c(C)nn2-c2ccccn2)[C@H]3c2ccccc2F)c1. The molecule has 0 bridgehead atoms. The molecular formula is C31H24FN7. The average molecular weight is 514 g/mol. The Kier molecular flexibility index (Phi) is 5.33. The molecule has 1 atom stereocenters. The van der Waals surface area contributed by atoms with Crippen LogP contribution in [-0.4, -0.2) is 26.4 Å². The minimum Gasteiger partial charge on any atom is -0.337 e. The van der Waals surface area contributed by atoms with Crippen LogP contribution in [0.15, 0.2) is 107 Å². The summed E-state index contributed by atoms with van der Waals surface area (Å²) in [5.41, 5.74) is 5.72. The molecule has 5 aromatic rings. The number of rotatable bonds is 3. The first-order chi connectivity index (χ1) is 19.1.